The van der Waals surface area contributed by atoms with Crippen LogP contribution in [0.2, 0.25) is 5.02 Å². The Hall–Kier alpha value is -2.28. The van der Waals surface area contributed by atoms with Gasteiger partial charge in [0.15, 0.2) is 5.69 Å². The Bertz CT molecular complexity index is 666. The lowest BCUT2D eigenvalue weighted by atomic mass is 10.1. The first-order chi connectivity index (χ1) is 9.54. The minimum atomic E-state index is -0.590. The van der Waals surface area contributed by atoms with Crippen molar-refractivity contribution in [2.24, 2.45) is 0 Å². The van der Waals surface area contributed by atoms with E-state index in [-0.39, 0.29) is 27.8 Å². The van der Waals surface area contributed by atoms with E-state index in [0.29, 0.717) is 6.54 Å². The van der Waals surface area contributed by atoms with Crippen LogP contribution in [-0.2, 0) is 0 Å². The Balaban J connectivity index is 2.67. The molecule has 0 aliphatic heterocycles. The van der Waals surface area contributed by atoms with Gasteiger partial charge in [0.2, 0.25) is 5.82 Å². The van der Waals surface area contributed by atoms with Crippen molar-refractivity contribution in [2.45, 2.75) is 6.92 Å². The average Bonchev–Trinajstić information content (AvgIpc) is 2.38. The van der Waals surface area contributed by atoms with Gasteiger partial charge in [-0.1, -0.05) is 11.6 Å². The standard InChI is InChI=1S/C12H10ClFN4O2/c1-2-15-12-11(18(19)20)10(16-6-17-12)8-4-3-7(14)5-9(8)13/h3-6H,2H2,1H3,(H,15,16,17). The van der Waals surface area contributed by atoms with Gasteiger partial charge in [-0.25, -0.2) is 14.4 Å². The number of halogens is 2. The summed E-state index contributed by atoms with van der Waals surface area (Å²) in [6.07, 6.45) is 1.19. The van der Waals surface area contributed by atoms with Crippen molar-refractivity contribution >= 4 is 23.1 Å². The molecule has 0 spiro atoms. The van der Waals surface area contributed by atoms with E-state index in [2.05, 4.69) is 15.3 Å². The summed E-state index contributed by atoms with van der Waals surface area (Å²) in [5.74, 6) is -0.426. The lowest BCUT2D eigenvalue weighted by Crippen LogP contribution is -2.06. The molecular formula is C12H10ClFN4O2. The molecule has 0 amide bonds. The van der Waals surface area contributed by atoms with E-state index < -0.39 is 10.7 Å². The molecular weight excluding hydrogens is 287 g/mol. The summed E-state index contributed by atoms with van der Waals surface area (Å²) in [5.41, 5.74) is 0.0372. The molecule has 1 heterocycles. The van der Waals surface area contributed by atoms with Gasteiger partial charge in [0.05, 0.1) is 9.95 Å². The topological polar surface area (TPSA) is 81.0 Å². The van der Waals surface area contributed by atoms with Gasteiger partial charge in [0.1, 0.15) is 12.1 Å². The first kappa shape index (κ1) is 14.1. The van der Waals surface area contributed by atoms with Gasteiger partial charge in [0.25, 0.3) is 0 Å². The monoisotopic (exact) mass is 296 g/mol. The number of nitrogens with one attached hydrogen (secondary N) is 1. The van der Waals surface area contributed by atoms with Gasteiger partial charge in [-0.3, -0.25) is 10.1 Å². The Morgan fingerprint density at radius 1 is 1.45 bits per heavy atom. The van der Waals surface area contributed by atoms with Crippen LogP contribution < -0.4 is 5.32 Å². The third-order valence-electron chi connectivity index (χ3n) is 2.54. The minimum Gasteiger partial charge on any atom is -0.365 e. The fourth-order valence-electron chi connectivity index (χ4n) is 1.73. The van der Waals surface area contributed by atoms with Gasteiger partial charge in [0, 0.05) is 12.1 Å². The quantitative estimate of drug-likeness (QED) is 0.691. The summed E-state index contributed by atoms with van der Waals surface area (Å²) in [4.78, 5) is 18.4. The van der Waals surface area contributed by atoms with Crippen molar-refractivity contribution in [3.8, 4) is 11.3 Å². The smallest absolute Gasteiger partial charge is 0.337 e. The predicted octanol–water partition coefficient (Wildman–Crippen LogP) is 3.28. The van der Waals surface area contributed by atoms with E-state index in [1.165, 1.54) is 18.5 Å². The fraction of sp³-hybridized carbons (Fsp3) is 0.167. The first-order valence-corrected chi connectivity index (χ1v) is 6.11. The molecule has 0 saturated carbocycles. The zero-order valence-electron chi connectivity index (χ0n) is 10.4. The number of rotatable bonds is 4. The van der Waals surface area contributed by atoms with E-state index in [0.717, 1.165) is 6.07 Å². The van der Waals surface area contributed by atoms with E-state index in [9.17, 15) is 14.5 Å². The largest absolute Gasteiger partial charge is 0.365 e. The van der Waals surface area contributed by atoms with Crippen LogP contribution in [0.5, 0.6) is 0 Å². The lowest BCUT2D eigenvalue weighted by molar-refractivity contribution is -0.383. The highest BCUT2D eigenvalue weighted by atomic mass is 35.5. The summed E-state index contributed by atoms with van der Waals surface area (Å²) in [6, 6.07) is 3.60. The second-order valence-corrected chi connectivity index (χ2v) is 4.24. The van der Waals surface area contributed by atoms with Crippen molar-refractivity contribution in [1.29, 1.82) is 0 Å². The van der Waals surface area contributed by atoms with Crippen molar-refractivity contribution in [2.75, 3.05) is 11.9 Å². The number of hydrogen-bond donors (Lipinski definition) is 1. The van der Waals surface area contributed by atoms with Crippen molar-refractivity contribution in [3.63, 3.8) is 0 Å². The summed E-state index contributed by atoms with van der Waals surface area (Å²) in [5, 5.41) is 14.1. The highest BCUT2D eigenvalue weighted by Crippen LogP contribution is 2.36. The highest BCUT2D eigenvalue weighted by Gasteiger charge is 2.25. The molecule has 0 saturated heterocycles. The van der Waals surface area contributed by atoms with Crippen LogP contribution in [0, 0.1) is 15.9 Å². The average molecular weight is 297 g/mol. The van der Waals surface area contributed by atoms with E-state index in [1.807, 2.05) is 0 Å². The van der Waals surface area contributed by atoms with Gasteiger partial charge in [-0.15, -0.1) is 0 Å². The predicted molar refractivity (Wildman–Crippen MR) is 73.3 cm³/mol. The second-order valence-electron chi connectivity index (χ2n) is 3.83. The zero-order valence-corrected chi connectivity index (χ0v) is 11.2. The molecule has 0 bridgehead atoms. The third kappa shape index (κ3) is 2.67. The molecule has 1 aromatic heterocycles. The molecule has 20 heavy (non-hydrogen) atoms. The summed E-state index contributed by atoms with van der Waals surface area (Å²) in [7, 11) is 0. The molecule has 1 aromatic carbocycles. The molecule has 2 rings (SSSR count). The van der Waals surface area contributed by atoms with Gasteiger partial charge in [-0.2, -0.15) is 0 Å². The molecule has 6 nitrogen and oxygen atoms in total. The molecule has 0 fully saturated rings. The maximum atomic E-state index is 13.1. The Morgan fingerprint density at radius 2 is 2.20 bits per heavy atom. The van der Waals surface area contributed by atoms with Gasteiger partial charge >= 0.3 is 5.69 Å². The zero-order chi connectivity index (χ0) is 14.7. The van der Waals surface area contributed by atoms with Crippen LogP contribution in [0.1, 0.15) is 6.92 Å². The Morgan fingerprint density at radius 3 is 2.80 bits per heavy atom. The molecule has 0 aliphatic rings. The van der Waals surface area contributed by atoms with Crippen LogP contribution in [0.15, 0.2) is 24.5 Å². The van der Waals surface area contributed by atoms with Crippen LogP contribution in [0.3, 0.4) is 0 Å². The number of benzene rings is 1. The van der Waals surface area contributed by atoms with Crippen molar-refractivity contribution < 1.29 is 9.31 Å². The number of nitrogens with zero attached hydrogens (tertiary/aromatic N) is 3. The molecule has 2 aromatic rings. The number of nitro groups is 1. The van der Waals surface area contributed by atoms with Crippen molar-refractivity contribution in [1.82, 2.24) is 9.97 Å². The SMILES string of the molecule is CCNc1ncnc(-c2ccc(F)cc2Cl)c1[N+](=O)[O-]. The summed E-state index contributed by atoms with van der Waals surface area (Å²) in [6.45, 7) is 2.25. The van der Waals surface area contributed by atoms with E-state index >= 15 is 0 Å². The van der Waals surface area contributed by atoms with Crippen LogP contribution in [0.4, 0.5) is 15.9 Å². The second kappa shape index (κ2) is 5.79. The number of anilines is 1. The molecule has 8 heteroatoms. The fourth-order valence-corrected chi connectivity index (χ4v) is 1.98. The van der Waals surface area contributed by atoms with Gasteiger partial charge < -0.3 is 5.32 Å². The Labute approximate surface area is 118 Å². The molecule has 0 aliphatic carbocycles. The van der Waals surface area contributed by atoms with Crippen LogP contribution in [-0.4, -0.2) is 21.4 Å². The maximum absolute atomic E-state index is 13.1. The lowest BCUT2D eigenvalue weighted by Gasteiger charge is -2.08. The maximum Gasteiger partial charge on any atom is 0.337 e. The van der Waals surface area contributed by atoms with Crippen LogP contribution in [0.25, 0.3) is 11.3 Å². The summed E-state index contributed by atoms with van der Waals surface area (Å²) < 4.78 is 13.1. The normalized spacial score (nSPS) is 10.3. The van der Waals surface area contributed by atoms with E-state index in [1.54, 1.807) is 6.92 Å². The molecule has 0 unspecified atom stereocenters. The first-order valence-electron chi connectivity index (χ1n) is 5.73. The van der Waals surface area contributed by atoms with Gasteiger partial charge in [-0.05, 0) is 25.1 Å². The Kier molecular flexibility index (Phi) is 4.09. The molecule has 0 atom stereocenters. The van der Waals surface area contributed by atoms with Crippen molar-refractivity contribution in [3.05, 3.63) is 45.5 Å². The summed E-state index contributed by atoms with van der Waals surface area (Å²) >= 11 is 5.93. The number of hydrogen-bond acceptors (Lipinski definition) is 5. The van der Waals surface area contributed by atoms with E-state index in [4.69, 9.17) is 11.6 Å². The molecule has 104 valence electrons. The number of aromatic nitrogens is 2. The minimum absolute atomic E-state index is 0.0472. The molecule has 1 N–H and O–H groups in total. The molecule has 0 radical (unpaired) electrons. The highest BCUT2D eigenvalue weighted by molar-refractivity contribution is 6.33. The third-order valence-corrected chi connectivity index (χ3v) is 2.85. The van der Waals surface area contributed by atoms with Crippen LogP contribution >= 0.6 is 11.6 Å².